The van der Waals surface area contributed by atoms with Crippen LogP contribution in [-0.4, -0.2) is 56.9 Å². The Bertz CT molecular complexity index is 1770. The number of Topliss-reactive ketones (excluding diaryl/α,β-unsaturated/α-hetero) is 1. The summed E-state index contributed by atoms with van der Waals surface area (Å²) < 4.78 is 31.6. The average molecular weight is 572 g/mol. The summed E-state index contributed by atoms with van der Waals surface area (Å²) in [6.07, 6.45) is -0.782. The number of likely N-dealkylation sites (tertiary alicyclic amines) is 1. The van der Waals surface area contributed by atoms with E-state index in [1.807, 2.05) is 0 Å². The molecule has 11 heteroatoms. The minimum Gasteiger partial charge on any atom is -0.326 e. The van der Waals surface area contributed by atoms with Gasteiger partial charge in [-0.25, -0.2) is 8.78 Å². The molecule has 4 aromatic rings. The maximum atomic E-state index is 15.7. The molecule has 2 N–H and O–H groups in total. The Balaban J connectivity index is 1.22. The summed E-state index contributed by atoms with van der Waals surface area (Å²) in [7, 11) is 0. The molecule has 42 heavy (non-hydrogen) atoms. The van der Waals surface area contributed by atoms with E-state index in [0.717, 1.165) is 10.5 Å². The monoisotopic (exact) mass is 571 g/mol. The number of halogens is 2. The van der Waals surface area contributed by atoms with Crippen LogP contribution < -0.4 is 10.6 Å². The number of aromatic nitrogens is 2. The Labute approximate surface area is 239 Å². The van der Waals surface area contributed by atoms with Gasteiger partial charge in [0.1, 0.15) is 24.5 Å². The molecule has 2 atom stereocenters. The molecule has 3 amide bonds. The number of benzene rings is 3. The predicted molar refractivity (Wildman–Crippen MR) is 152 cm³/mol. The number of fused-ring (bicyclic) bond motifs is 2. The summed E-state index contributed by atoms with van der Waals surface area (Å²) in [5, 5.41) is 10.2. The van der Waals surface area contributed by atoms with Gasteiger partial charge in [-0.3, -0.25) is 23.9 Å². The fourth-order valence-electron chi connectivity index (χ4n) is 5.65. The molecule has 0 spiro atoms. The first kappa shape index (κ1) is 27.3. The third-order valence-electron chi connectivity index (χ3n) is 7.72. The van der Waals surface area contributed by atoms with Gasteiger partial charge < -0.3 is 15.5 Å². The van der Waals surface area contributed by atoms with Gasteiger partial charge in [-0.05, 0) is 41.8 Å². The molecule has 0 aliphatic carbocycles. The molecule has 0 saturated carbocycles. The van der Waals surface area contributed by atoms with Gasteiger partial charge in [-0.1, -0.05) is 36.4 Å². The number of para-hydroxylation sites is 1. The lowest BCUT2D eigenvalue weighted by Crippen LogP contribution is -2.44. The second-order valence-corrected chi connectivity index (χ2v) is 10.6. The van der Waals surface area contributed by atoms with Crippen LogP contribution in [0.15, 0.2) is 60.7 Å². The van der Waals surface area contributed by atoms with Gasteiger partial charge in [0.05, 0.1) is 17.7 Å². The topological polar surface area (TPSA) is 113 Å². The minimum atomic E-state index is -1.43. The minimum absolute atomic E-state index is 0.0696. The number of aryl methyl sites for hydroxylation is 1. The highest BCUT2D eigenvalue weighted by Gasteiger charge is 2.40. The molecule has 0 bridgehead atoms. The molecule has 2 aliphatic rings. The van der Waals surface area contributed by atoms with Crippen molar-refractivity contribution in [3.63, 3.8) is 0 Å². The van der Waals surface area contributed by atoms with E-state index in [0.29, 0.717) is 35.0 Å². The number of alkyl halides is 1. The van der Waals surface area contributed by atoms with E-state index in [1.165, 1.54) is 17.7 Å². The van der Waals surface area contributed by atoms with Crippen molar-refractivity contribution in [2.24, 2.45) is 0 Å². The molecule has 9 nitrogen and oxygen atoms in total. The lowest BCUT2D eigenvalue weighted by molar-refractivity contribution is -0.137. The summed E-state index contributed by atoms with van der Waals surface area (Å²) in [4.78, 5) is 51.5. The van der Waals surface area contributed by atoms with Crippen LogP contribution in [0.2, 0.25) is 0 Å². The van der Waals surface area contributed by atoms with Gasteiger partial charge in [-0.15, -0.1) is 0 Å². The number of nitrogens with one attached hydrogen (secondary N) is 2. The van der Waals surface area contributed by atoms with Gasteiger partial charge in [0.2, 0.25) is 17.7 Å². The SMILES string of the molecule is CC(=O)c1nn(CC(=O)N2C[C@H](F)CC2C(=O)Nc2cccc(-c3ccc4c(c3)CCC(=O)N4)c2F)c2ccccc12. The van der Waals surface area contributed by atoms with Crippen molar-refractivity contribution in [2.45, 2.75) is 44.9 Å². The first-order chi connectivity index (χ1) is 20.2. The predicted octanol–water partition coefficient (Wildman–Crippen LogP) is 4.51. The number of amides is 3. The second kappa shape index (κ2) is 10.8. The maximum Gasteiger partial charge on any atom is 0.247 e. The first-order valence-corrected chi connectivity index (χ1v) is 13.6. The lowest BCUT2D eigenvalue weighted by Gasteiger charge is -2.24. The van der Waals surface area contributed by atoms with Gasteiger partial charge in [0.15, 0.2) is 11.6 Å². The molecule has 1 fully saturated rings. The highest BCUT2D eigenvalue weighted by Crippen LogP contribution is 2.33. The van der Waals surface area contributed by atoms with Gasteiger partial charge in [-0.2, -0.15) is 5.10 Å². The molecule has 1 aromatic heterocycles. The molecule has 1 saturated heterocycles. The normalized spacial score (nSPS) is 18.1. The molecule has 3 heterocycles. The van der Waals surface area contributed by atoms with E-state index >= 15 is 4.39 Å². The largest absolute Gasteiger partial charge is 0.326 e. The Kier molecular flexibility index (Phi) is 7.01. The standard InChI is InChI=1S/C31H27F2N5O4/c1-17(39)30-22-5-2-3-8-25(22)38(36-30)16-28(41)37-15-20(32)14-26(37)31(42)35-24-7-4-6-21(29(24)33)18-9-11-23-19(13-18)10-12-27(40)34-23/h2-9,11,13,20,26H,10,12,14-16H2,1H3,(H,34,40)(H,35,42)/t20-,26?/m1/s1. The first-order valence-electron chi connectivity index (χ1n) is 13.6. The number of hydrogen-bond acceptors (Lipinski definition) is 5. The fraction of sp³-hybridized carbons (Fsp3) is 0.258. The van der Waals surface area contributed by atoms with E-state index in [1.54, 1.807) is 54.6 Å². The highest BCUT2D eigenvalue weighted by molar-refractivity contribution is 6.05. The van der Waals surface area contributed by atoms with Crippen LogP contribution in [0.25, 0.3) is 22.0 Å². The zero-order valence-electron chi connectivity index (χ0n) is 22.7. The average Bonchev–Trinajstić information content (AvgIpc) is 3.55. The van der Waals surface area contributed by atoms with Crippen molar-refractivity contribution in [1.82, 2.24) is 14.7 Å². The Morgan fingerprint density at radius 2 is 1.88 bits per heavy atom. The molecule has 214 valence electrons. The van der Waals surface area contributed by atoms with Gasteiger partial charge >= 0.3 is 0 Å². The Morgan fingerprint density at radius 3 is 2.69 bits per heavy atom. The van der Waals surface area contributed by atoms with Crippen LogP contribution in [0.4, 0.5) is 20.2 Å². The van der Waals surface area contributed by atoms with E-state index in [2.05, 4.69) is 15.7 Å². The van der Waals surface area contributed by atoms with Crippen molar-refractivity contribution >= 4 is 45.8 Å². The summed E-state index contributed by atoms with van der Waals surface area (Å²) >= 11 is 0. The molecule has 1 unspecified atom stereocenters. The highest BCUT2D eigenvalue weighted by atomic mass is 19.1. The molecular weight excluding hydrogens is 544 g/mol. The Hall–Kier alpha value is -4.93. The maximum absolute atomic E-state index is 15.7. The Morgan fingerprint density at radius 1 is 1.07 bits per heavy atom. The van der Waals surface area contributed by atoms with Gasteiger partial charge in [0, 0.05) is 36.4 Å². The lowest BCUT2D eigenvalue weighted by atomic mass is 9.96. The van der Waals surface area contributed by atoms with Crippen molar-refractivity contribution in [2.75, 3.05) is 17.2 Å². The third-order valence-corrected chi connectivity index (χ3v) is 7.72. The number of ketones is 1. The summed E-state index contributed by atoms with van der Waals surface area (Å²) in [6, 6.07) is 15.6. The molecular formula is C31H27F2N5O4. The van der Waals surface area contributed by atoms with Crippen molar-refractivity contribution in [1.29, 1.82) is 0 Å². The van der Waals surface area contributed by atoms with E-state index < -0.39 is 29.8 Å². The quantitative estimate of drug-likeness (QED) is 0.331. The van der Waals surface area contributed by atoms with Crippen molar-refractivity contribution < 1.29 is 28.0 Å². The number of carbonyl (C=O) groups excluding carboxylic acids is 4. The zero-order chi connectivity index (χ0) is 29.5. The van der Waals surface area contributed by atoms with Crippen LogP contribution in [0, 0.1) is 5.82 Å². The number of rotatable bonds is 6. The number of carbonyl (C=O) groups is 4. The molecule has 6 rings (SSSR count). The number of nitrogens with zero attached hydrogens (tertiary/aromatic N) is 3. The number of anilines is 2. The fourth-order valence-corrected chi connectivity index (χ4v) is 5.65. The third kappa shape index (κ3) is 5.02. The summed E-state index contributed by atoms with van der Waals surface area (Å²) in [5.74, 6) is -2.25. The van der Waals surface area contributed by atoms with Gasteiger partial charge in [0.25, 0.3) is 0 Å². The van der Waals surface area contributed by atoms with Crippen LogP contribution in [0.5, 0.6) is 0 Å². The van der Waals surface area contributed by atoms with E-state index in [4.69, 9.17) is 0 Å². The van der Waals surface area contributed by atoms with E-state index in [9.17, 15) is 23.6 Å². The van der Waals surface area contributed by atoms with Crippen LogP contribution in [0.1, 0.15) is 35.8 Å². The molecule has 3 aromatic carbocycles. The number of hydrogen-bond donors (Lipinski definition) is 2. The van der Waals surface area contributed by atoms with Crippen molar-refractivity contribution in [3.05, 3.63) is 77.7 Å². The smallest absolute Gasteiger partial charge is 0.247 e. The van der Waals surface area contributed by atoms with E-state index in [-0.39, 0.29) is 48.1 Å². The van der Waals surface area contributed by atoms with Crippen molar-refractivity contribution in [3.8, 4) is 11.1 Å². The summed E-state index contributed by atoms with van der Waals surface area (Å²) in [6.45, 7) is 0.797. The summed E-state index contributed by atoms with van der Waals surface area (Å²) in [5.41, 5.74) is 3.09. The zero-order valence-corrected chi connectivity index (χ0v) is 22.7. The van der Waals surface area contributed by atoms with Crippen LogP contribution in [-0.2, 0) is 27.3 Å². The van der Waals surface area contributed by atoms with Crippen LogP contribution >= 0.6 is 0 Å². The van der Waals surface area contributed by atoms with Crippen LogP contribution in [0.3, 0.4) is 0 Å². The second-order valence-electron chi connectivity index (χ2n) is 10.6. The molecule has 0 radical (unpaired) electrons. The molecule has 2 aliphatic heterocycles.